The molecule has 0 bridgehead atoms. The fourth-order valence-electron chi connectivity index (χ4n) is 2.38. The Hall–Kier alpha value is -2.36. The van der Waals surface area contributed by atoms with Crippen LogP contribution in [0.5, 0.6) is 0 Å². The maximum absolute atomic E-state index is 13.4. The summed E-state index contributed by atoms with van der Waals surface area (Å²) in [6.07, 6.45) is -8.46. The molecule has 2 aromatic rings. The summed E-state index contributed by atoms with van der Waals surface area (Å²) in [4.78, 5) is 10.9. The normalized spacial score (nSPS) is 13.7. The van der Waals surface area contributed by atoms with Crippen molar-refractivity contribution >= 4 is 28.0 Å². The van der Waals surface area contributed by atoms with Crippen molar-refractivity contribution < 1.29 is 40.6 Å². The van der Waals surface area contributed by atoms with Crippen molar-refractivity contribution in [2.45, 2.75) is 18.3 Å². The number of carbonyl (C=O) groups is 1. The van der Waals surface area contributed by atoms with Crippen molar-refractivity contribution in [3.8, 4) is 0 Å². The number of hydrogen-bond acceptors (Lipinski definition) is 1. The molecule has 150 valence electrons. The van der Waals surface area contributed by atoms with E-state index in [1.54, 1.807) is 0 Å². The molecule has 0 fully saturated rings. The Morgan fingerprint density at radius 1 is 1.04 bits per heavy atom. The molecule has 0 aromatic heterocycles. The van der Waals surface area contributed by atoms with E-state index in [1.807, 2.05) is 0 Å². The van der Waals surface area contributed by atoms with Crippen molar-refractivity contribution in [1.29, 1.82) is 0 Å². The fraction of sp³-hybridized carbons (Fsp3) is 0.167. The van der Waals surface area contributed by atoms with Crippen LogP contribution in [0.25, 0.3) is 6.08 Å². The molecule has 0 aliphatic heterocycles. The molecule has 2 aromatic carbocycles. The summed E-state index contributed by atoms with van der Waals surface area (Å²) in [5, 5.41) is 8.92. The van der Waals surface area contributed by atoms with Gasteiger partial charge in [0.1, 0.15) is 5.82 Å². The number of rotatable bonds is 4. The highest BCUT2D eigenvalue weighted by Crippen LogP contribution is 2.40. The van der Waals surface area contributed by atoms with Gasteiger partial charge in [-0.25, -0.2) is 9.18 Å². The van der Waals surface area contributed by atoms with Gasteiger partial charge in [-0.1, -0.05) is 24.3 Å². The molecule has 0 saturated heterocycles. The Bertz CT molecular complexity index is 917. The molecule has 10 heteroatoms. The van der Waals surface area contributed by atoms with E-state index in [1.165, 1.54) is 12.1 Å². The highest BCUT2D eigenvalue weighted by Gasteiger charge is 2.41. The van der Waals surface area contributed by atoms with Crippen molar-refractivity contribution in [2.24, 2.45) is 0 Å². The maximum atomic E-state index is 13.4. The zero-order chi connectivity index (χ0) is 21.3. The Labute approximate surface area is 162 Å². The molecular formula is C18H10BrF7O2. The molecule has 0 amide bonds. The number of hydrogen-bond donors (Lipinski definition) is 1. The average molecular weight is 471 g/mol. The molecule has 1 N–H and O–H groups in total. The number of aromatic carboxylic acids is 1. The van der Waals surface area contributed by atoms with Crippen molar-refractivity contribution in [2.75, 3.05) is 0 Å². The van der Waals surface area contributed by atoms with Crippen LogP contribution in [0, 0.1) is 5.82 Å². The van der Waals surface area contributed by atoms with Gasteiger partial charge in [0.05, 0.1) is 17.0 Å². The summed E-state index contributed by atoms with van der Waals surface area (Å²) in [6.45, 7) is 0. The number of carboxylic acids is 1. The van der Waals surface area contributed by atoms with Crippen molar-refractivity contribution in [3.05, 3.63) is 75.0 Å². The fourth-order valence-corrected chi connectivity index (χ4v) is 2.94. The van der Waals surface area contributed by atoms with E-state index in [-0.39, 0.29) is 21.7 Å². The van der Waals surface area contributed by atoms with Crippen LogP contribution in [0.15, 0.2) is 46.9 Å². The number of alkyl halides is 6. The minimum Gasteiger partial charge on any atom is -0.478 e. The number of carboxylic acid groups (broad SMARTS) is 1. The Kier molecular flexibility index (Phi) is 6.22. The third-order valence-electron chi connectivity index (χ3n) is 3.71. The van der Waals surface area contributed by atoms with Crippen LogP contribution < -0.4 is 0 Å². The molecule has 0 radical (unpaired) electrons. The molecule has 1 atom stereocenters. The summed E-state index contributed by atoms with van der Waals surface area (Å²) in [5.74, 6) is -5.34. The minimum absolute atomic E-state index is 0.113. The van der Waals surface area contributed by atoms with E-state index < -0.39 is 41.2 Å². The van der Waals surface area contributed by atoms with Crippen LogP contribution in [0.3, 0.4) is 0 Å². The lowest BCUT2D eigenvalue weighted by Gasteiger charge is -2.19. The standard InChI is InChI=1S/C18H10BrF7O2/c19-14-7-9(1-4-11(14)16(27)28)2-5-12(17(21,22)23)10-3-6-15(20)13(8-10)18(24,25)26/h1-8,12H,(H,27,28)/b5-2+. The van der Waals surface area contributed by atoms with Gasteiger partial charge in [0.2, 0.25) is 0 Å². The van der Waals surface area contributed by atoms with Gasteiger partial charge in [-0.3, -0.25) is 0 Å². The lowest BCUT2D eigenvalue weighted by atomic mass is 9.95. The van der Waals surface area contributed by atoms with E-state index in [0.29, 0.717) is 18.2 Å². The molecule has 0 aliphatic rings. The van der Waals surface area contributed by atoms with E-state index >= 15 is 0 Å². The predicted molar refractivity (Wildman–Crippen MR) is 90.3 cm³/mol. The summed E-state index contributed by atoms with van der Waals surface area (Å²) < 4.78 is 92.0. The van der Waals surface area contributed by atoms with Gasteiger partial charge in [0.15, 0.2) is 0 Å². The smallest absolute Gasteiger partial charge is 0.419 e. The van der Waals surface area contributed by atoms with Gasteiger partial charge >= 0.3 is 18.3 Å². The maximum Gasteiger partial charge on any atom is 0.419 e. The first kappa shape index (κ1) is 21.9. The average Bonchev–Trinajstić information content (AvgIpc) is 2.53. The summed E-state index contributed by atoms with van der Waals surface area (Å²) in [7, 11) is 0. The third-order valence-corrected chi connectivity index (χ3v) is 4.37. The van der Waals surface area contributed by atoms with E-state index in [4.69, 9.17) is 5.11 Å². The Morgan fingerprint density at radius 2 is 1.68 bits per heavy atom. The molecule has 2 nitrogen and oxygen atoms in total. The van der Waals surface area contributed by atoms with Gasteiger partial charge in [-0.15, -0.1) is 0 Å². The van der Waals surface area contributed by atoms with E-state index in [0.717, 1.165) is 12.1 Å². The topological polar surface area (TPSA) is 37.3 Å². The number of benzene rings is 2. The number of halogens is 8. The molecule has 0 aliphatic carbocycles. The van der Waals surface area contributed by atoms with Crippen LogP contribution in [0.4, 0.5) is 30.7 Å². The van der Waals surface area contributed by atoms with E-state index in [2.05, 4.69) is 15.9 Å². The van der Waals surface area contributed by atoms with Gasteiger partial charge in [-0.05, 0) is 51.3 Å². The second kappa shape index (κ2) is 7.94. The monoisotopic (exact) mass is 470 g/mol. The summed E-state index contributed by atoms with van der Waals surface area (Å²) in [6, 6.07) is 4.75. The molecule has 2 rings (SSSR count). The second-order valence-corrected chi connectivity index (χ2v) is 6.51. The lowest BCUT2D eigenvalue weighted by Crippen LogP contribution is -2.20. The van der Waals surface area contributed by atoms with Gasteiger partial charge in [0, 0.05) is 4.47 Å². The van der Waals surface area contributed by atoms with Crippen molar-refractivity contribution in [3.63, 3.8) is 0 Å². The largest absolute Gasteiger partial charge is 0.478 e. The zero-order valence-electron chi connectivity index (χ0n) is 13.6. The Balaban J connectivity index is 2.45. The first-order chi connectivity index (χ1) is 12.8. The van der Waals surface area contributed by atoms with E-state index in [9.17, 15) is 35.5 Å². The van der Waals surface area contributed by atoms with Crippen LogP contribution in [0.1, 0.15) is 33.0 Å². The summed E-state index contributed by atoms with van der Waals surface area (Å²) >= 11 is 2.97. The molecule has 1 unspecified atom stereocenters. The highest BCUT2D eigenvalue weighted by atomic mass is 79.9. The van der Waals surface area contributed by atoms with Gasteiger partial charge in [-0.2, -0.15) is 26.3 Å². The first-order valence-corrected chi connectivity index (χ1v) is 8.24. The van der Waals surface area contributed by atoms with Crippen molar-refractivity contribution in [1.82, 2.24) is 0 Å². The third kappa shape index (κ3) is 5.12. The molecular weight excluding hydrogens is 461 g/mol. The molecule has 0 saturated carbocycles. The minimum atomic E-state index is -5.14. The second-order valence-electron chi connectivity index (χ2n) is 5.66. The predicted octanol–water partition coefficient (Wildman–Crippen LogP) is 6.66. The first-order valence-electron chi connectivity index (χ1n) is 7.45. The number of allylic oxidation sites excluding steroid dienone is 1. The highest BCUT2D eigenvalue weighted by molar-refractivity contribution is 9.10. The van der Waals surface area contributed by atoms with Crippen LogP contribution >= 0.6 is 15.9 Å². The van der Waals surface area contributed by atoms with Gasteiger partial charge in [0.25, 0.3) is 0 Å². The summed E-state index contributed by atoms with van der Waals surface area (Å²) in [5.41, 5.74) is -2.50. The SMILES string of the molecule is O=C(O)c1ccc(/C=C/C(c2ccc(F)c(C(F)(F)F)c2)C(F)(F)F)cc1Br. The van der Waals surface area contributed by atoms with Crippen LogP contribution in [0.2, 0.25) is 0 Å². The Morgan fingerprint density at radius 3 is 2.18 bits per heavy atom. The molecule has 0 heterocycles. The lowest BCUT2D eigenvalue weighted by molar-refractivity contribution is -0.143. The molecule has 28 heavy (non-hydrogen) atoms. The van der Waals surface area contributed by atoms with Crippen LogP contribution in [-0.4, -0.2) is 17.3 Å². The zero-order valence-corrected chi connectivity index (χ0v) is 15.2. The van der Waals surface area contributed by atoms with Crippen LogP contribution in [-0.2, 0) is 6.18 Å². The quantitative estimate of drug-likeness (QED) is 0.507. The molecule has 0 spiro atoms. The van der Waals surface area contributed by atoms with Gasteiger partial charge < -0.3 is 5.11 Å².